The smallest absolute Gasteiger partial charge is 0.276 e. The first kappa shape index (κ1) is 13.2. The van der Waals surface area contributed by atoms with Crippen LogP contribution in [-0.4, -0.2) is 22.8 Å². The van der Waals surface area contributed by atoms with E-state index in [0.717, 1.165) is 0 Å². The van der Waals surface area contributed by atoms with E-state index in [1.165, 1.54) is 18.0 Å². The van der Waals surface area contributed by atoms with Crippen LogP contribution in [0.5, 0.6) is 5.75 Å². The Balaban J connectivity index is 2.24. The lowest BCUT2D eigenvalue weighted by molar-refractivity contribution is 0.101. The molecule has 19 heavy (non-hydrogen) atoms. The molecule has 0 aliphatic heterocycles. The zero-order chi connectivity index (χ0) is 14.0. The van der Waals surface area contributed by atoms with E-state index in [0.29, 0.717) is 27.8 Å². The number of hydrogen-bond donors (Lipinski definition) is 2. The number of benzene rings is 1. The first-order valence-electron chi connectivity index (χ1n) is 5.45. The molecule has 0 radical (unpaired) electrons. The molecule has 0 saturated carbocycles. The Morgan fingerprint density at radius 2 is 2.26 bits per heavy atom. The number of aromatic nitrogens is 2. The van der Waals surface area contributed by atoms with Gasteiger partial charge in [0.15, 0.2) is 0 Å². The first-order valence-corrected chi connectivity index (χ1v) is 5.83. The minimum absolute atomic E-state index is 0.300. The Kier molecular flexibility index (Phi) is 3.62. The van der Waals surface area contributed by atoms with Crippen molar-refractivity contribution in [2.75, 3.05) is 18.2 Å². The maximum absolute atomic E-state index is 12.1. The molecule has 0 unspecified atom stereocenters. The fourth-order valence-corrected chi connectivity index (χ4v) is 1.86. The Bertz CT molecular complexity index is 605. The molecule has 0 atom stereocenters. The standard InChI is InChI=1S/C12H13ClN4O2/c1-17-11(9(14)6-15-17)12(18)16-7-3-4-8(13)10(5-7)19-2/h3-6H,14H2,1-2H3,(H,16,18). The minimum atomic E-state index is -0.345. The van der Waals surface area contributed by atoms with Gasteiger partial charge >= 0.3 is 0 Å². The fourth-order valence-electron chi connectivity index (χ4n) is 1.66. The molecular formula is C12H13ClN4O2. The van der Waals surface area contributed by atoms with E-state index >= 15 is 0 Å². The van der Waals surface area contributed by atoms with Crippen molar-refractivity contribution in [3.63, 3.8) is 0 Å². The van der Waals surface area contributed by atoms with Gasteiger partial charge in [-0.3, -0.25) is 9.48 Å². The van der Waals surface area contributed by atoms with Crippen LogP contribution in [0, 0.1) is 0 Å². The summed E-state index contributed by atoms with van der Waals surface area (Å²) in [4.78, 5) is 12.1. The number of ether oxygens (including phenoxy) is 1. The fraction of sp³-hybridized carbons (Fsp3) is 0.167. The monoisotopic (exact) mass is 280 g/mol. The van der Waals surface area contributed by atoms with Gasteiger partial charge in [-0.1, -0.05) is 11.6 Å². The van der Waals surface area contributed by atoms with Gasteiger partial charge in [-0.05, 0) is 12.1 Å². The molecule has 1 aromatic heterocycles. The highest BCUT2D eigenvalue weighted by atomic mass is 35.5. The maximum atomic E-state index is 12.1. The summed E-state index contributed by atoms with van der Waals surface area (Å²) in [6.45, 7) is 0. The van der Waals surface area contributed by atoms with Crippen molar-refractivity contribution in [1.82, 2.24) is 9.78 Å². The Morgan fingerprint density at radius 1 is 1.53 bits per heavy atom. The average Bonchev–Trinajstić information content (AvgIpc) is 2.71. The van der Waals surface area contributed by atoms with E-state index in [1.807, 2.05) is 0 Å². The van der Waals surface area contributed by atoms with E-state index in [4.69, 9.17) is 22.1 Å². The highest BCUT2D eigenvalue weighted by Gasteiger charge is 2.15. The summed E-state index contributed by atoms with van der Waals surface area (Å²) < 4.78 is 6.49. The van der Waals surface area contributed by atoms with Crippen molar-refractivity contribution in [3.8, 4) is 5.75 Å². The van der Waals surface area contributed by atoms with Gasteiger partial charge in [0.2, 0.25) is 0 Å². The molecule has 1 amide bonds. The summed E-state index contributed by atoms with van der Waals surface area (Å²) in [5, 5.41) is 7.09. The molecule has 0 bridgehead atoms. The van der Waals surface area contributed by atoms with Gasteiger partial charge in [0.05, 0.1) is 24.0 Å². The van der Waals surface area contributed by atoms with Crippen LogP contribution >= 0.6 is 11.6 Å². The molecule has 0 fully saturated rings. The normalized spacial score (nSPS) is 10.3. The van der Waals surface area contributed by atoms with Gasteiger partial charge in [-0.15, -0.1) is 0 Å². The number of carbonyl (C=O) groups excluding carboxylic acids is 1. The van der Waals surface area contributed by atoms with Gasteiger partial charge in [0.1, 0.15) is 11.4 Å². The molecule has 100 valence electrons. The molecule has 7 heteroatoms. The maximum Gasteiger partial charge on any atom is 0.276 e. The molecule has 2 aromatic rings. The minimum Gasteiger partial charge on any atom is -0.495 e. The first-order chi connectivity index (χ1) is 9.02. The lowest BCUT2D eigenvalue weighted by atomic mass is 10.2. The topological polar surface area (TPSA) is 82.2 Å². The number of halogens is 1. The number of carbonyl (C=O) groups is 1. The second kappa shape index (κ2) is 5.19. The van der Waals surface area contributed by atoms with E-state index in [2.05, 4.69) is 10.4 Å². The van der Waals surface area contributed by atoms with Crippen LogP contribution in [0.1, 0.15) is 10.5 Å². The lowest BCUT2D eigenvalue weighted by Gasteiger charge is -2.09. The van der Waals surface area contributed by atoms with Crippen LogP contribution in [0.3, 0.4) is 0 Å². The Morgan fingerprint density at radius 3 is 2.84 bits per heavy atom. The molecule has 1 heterocycles. The largest absolute Gasteiger partial charge is 0.495 e. The van der Waals surface area contributed by atoms with E-state index < -0.39 is 0 Å². The van der Waals surface area contributed by atoms with Crippen LogP contribution < -0.4 is 15.8 Å². The van der Waals surface area contributed by atoms with Crippen LogP contribution in [0.15, 0.2) is 24.4 Å². The zero-order valence-corrected chi connectivity index (χ0v) is 11.2. The molecule has 0 aliphatic carbocycles. The predicted molar refractivity (Wildman–Crippen MR) is 73.6 cm³/mol. The van der Waals surface area contributed by atoms with Gasteiger partial charge in [0.25, 0.3) is 5.91 Å². The molecule has 0 aliphatic rings. The van der Waals surface area contributed by atoms with Crippen molar-refractivity contribution in [2.24, 2.45) is 7.05 Å². The summed E-state index contributed by atoms with van der Waals surface area (Å²) in [5.74, 6) is 0.138. The van der Waals surface area contributed by atoms with Crippen LogP contribution in [0.4, 0.5) is 11.4 Å². The third kappa shape index (κ3) is 2.63. The Hall–Kier alpha value is -2.21. The van der Waals surface area contributed by atoms with Crippen molar-refractivity contribution < 1.29 is 9.53 Å². The second-order valence-electron chi connectivity index (χ2n) is 3.88. The summed E-state index contributed by atoms with van der Waals surface area (Å²) in [6, 6.07) is 4.95. The number of aryl methyl sites for hydroxylation is 1. The van der Waals surface area contributed by atoms with Crippen molar-refractivity contribution >= 4 is 28.9 Å². The lowest BCUT2D eigenvalue weighted by Crippen LogP contribution is -2.17. The van der Waals surface area contributed by atoms with Gasteiger partial charge < -0.3 is 15.8 Å². The molecular weight excluding hydrogens is 268 g/mol. The number of nitrogens with two attached hydrogens (primary N) is 1. The van der Waals surface area contributed by atoms with Crippen molar-refractivity contribution in [1.29, 1.82) is 0 Å². The molecule has 0 spiro atoms. The highest BCUT2D eigenvalue weighted by Crippen LogP contribution is 2.27. The molecule has 3 N–H and O–H groups in total. The third-order valence-electron chi connectivity index (χ3n) is 2.59. The molecule has 6 nitrogen and oxygen atoms in total. The number of nitrogens with one attached hydrogen (secondary N) is 1. The van der Waals surface area contributed by atoms with Crippen LogP contribution in [0.2, 0.25) is 5.02 Å². The molecule has 2 rings (SSSR count). The van der Waals surface area contributed by atoms with E-state index in [1.54, 1.807) is 25.2 Å². The van der Waals surface area contributed by atoms with E-state index in [-0.39, 0.29) is 5.91 Å². The SMILES string of the molecule is COc1cc(NC(=O)c2c(N)cnn2C)ccc1Cl. The predicted octanol–water partition coefficient (Wildman–Crippen LogP) is 1.92. The number of anilines is 2. The molecule has 0 saturated heterocycles. The Labute approximate surface area is 115 Å². The summed E-state index contributed by atoms with van der Waals surface area (Å²) >= 11 is 5.91. The quantitative estimate of drug-likeness (QED) is 0.900. The van der Waals surface area contributed by atoms with Crippen LogP contribution in [0.25, 0.3) is 0 Å². The number of methoxy groups -OCH3 is 1. The summed E-state index contributed by atoms with van der Waals surface area (Å²) in [6.07, 6.45) is 1.43. The summed E-state index contributed by atoms with van der Waals surface area (Å²) in [5.41, 5.74) is 6.87. The van der Waals surface area contributed by atoms with Crippen LogP contribution in [-0.2, 0) is 7.05 Å². The molecule has 1 aromatic carbocycles. The number of hydrogen-bond acceptors (Lipinski definition) is 4. The number of nitrogen functional groups attached to an aromatic ring is 1. The highest BCUT2D eigenvalue weighted by molar-refractivity contribution is 6.32. The third-order valence-corrected chi connectivity index (χ3v) is 2.90. The summed E-state index contributed by atoms with van der Waals surface area (Å²) in [7, 11) is 3.15. The van der Waals surface area contributed by atoms with Crippen molar-refractivity contribution in [2.45, 2.75) is 0 Å². The average molecular weight is 281 g/mol. The second-order valence-corrected chi connectivity index (χ2v) is 4.28. The number of nitrogens with zero attached hydrogens (tertiary/aromatic N) is 2. The van der Waals surface area contributed by atoms with Gasteiger partial charge in [0, 0.05) is 18.8 Å². The van der Waals surface area contributed by atoms with Gasteiger partial charge in [-0.25, -0.2) is 0 Å². The number of amides is 1. The van der Waals surface area contributed by atoms with E-state index in [9.17, 15) is 4.79 Å². The van der Waals surface area contributed by atoms with Crippen molar-refractivity contribution in [3.05, 3.63) is 35.1 Å². The number of rotatable bonds is 3. The van der Waals surface area contributed by atoms with Gasteiger partial charge in [-0.2, -0.15) is 5.10 Å². The zero-order valence-electron chi connectivity index (χ0n) is 10.5.